The van der Waals surface area contributed by atoms with E-state index < -0.39 is 11.7 Å². The number of hydrogen-bond acceptors (Lipinski definition) is 3. The molecule has 6 heteroatoms. The molecule has 0 unspecified atom stereocenters. The van der Waals surface area contributed by atoms with Crippen molar-refractivity contribution < 1.29 is 13.9 Å². The maximum atomic E-state index is 13.6. The van der Waals surface area contributed by atoms with Gasteiger partial charge in [-0.3, -0.25) is 4.79 Å². The first-order valence-corrected chi connectivity index (χ1v) is 8.55. The quantitative estimate of drug-likeness (QED) is 0.490. The second-order valence-corrected chi connectivity index (χ2v) is 6.04. The van der Waals surface area contributed by atoms with Gasteiger partial charge < -0.3 is 4.74 Å². The zero-order valence-electron chi connectivity index (χ0n) is 14.2. The van der Waals surface area contributed by atoms with Crippen molar-refractivity contribution in [2.24, 2.45) is 5.10 Å². The average Bonchev–Trinajstić information content (AvgIpc) is 2.70. The summed E-state index contributed by atoms with van der Waals surface area (Å²) in [7, 11) is 0. The van der Waals surface area contributed by atoms with Crippen molar-refractivity contribution in [3.05, 3.63) is 100 Å². The maximum absolute atomic E-state index is 13.6. The fourth-order valence-electron chi connectivity index (χ4n) is 2.29. The third-order valence-corrected chi connectivity index (χ3v) is 4.05. The first-order valence-electron chi connectivity index (χ1n) is 8.17. The highest BCUT2D eigenvalue weighted by Gasteiger charge is 2.06. The molecular weight excluding hydrogens is 367 g/mol. The number of hydrazone groups is 1. The van der Waals surface area contributed by atoms with Crippen molar-refractivity contribution in [3.63, 3.8) is 0 Å². The molecule has 136 valence electrons. The van der Waals surface area contributed by atoms with Gasteiger partial charge in [-0.15, -0.1) is 0 Å². The van der Waals surface area contributed by atoms with Gasteiger partial charge in [-0.2, -0.15) is 5.10 Å². The van der Waals surface area contributed by atoms with Crippen molar-refractivity contribution in [1.82, 2.24) is 5.43 Å². The van der Waals surface area contributed by atoms with Crippen LogP contribution in [0.1, 0.15) is 21.5 Å². The van der Waals surface area contributed by atoms with Crippen LogP contribution >= 0.6 is 11.6 Å². The first-order chi connectivity index (χ1) is 13.1. The number of nitrogens with one attached hydrogen (secondary N) is 1. The normalized spacial score (nSPS) is 10.7. The van der Waals surface area contributed by atoms with Crippen molar-refractivity contribution in [2.75, 3.05) is 0 Å². The van der Waals surface area contributed by atoms with Crippen LogP contribution in [-0.4, -0.2) is 12.1 Å². The summed E-state index contributed by atoms with van der Waals surface area (Å²) in [5, 5.41) is 3.98. The predicted octanol–water partition coefficient (Wildman–Crippen LogP) is 4.82. The van der Waals surface area contributed by atoms with Crippen LogP contribution < -0.4 is 10.2 Å². The molecule has 0 aliphatic heterocycles. The SMILES string of the molecule is O=C(N/N=C\c1c(F)cccc1Cl)c1ccc(COc2ccccc2)cc1. The number of ether oxygens (including phenoxy) is 1. The molecule has 0 heterocycles. The Kier molecular flexibility index (Phi) is 6.18. The Hall–Kier alpha value is -3.18. The third kappa shape index (κ3) is 5.15. The minimum Gasteiger partial charge on any atom is -0.489 e. The zero-order chi connectivity index (χ0) is 19.1. The van der Waals surface area contributed by atoms with E-state index in [2.05, 4.69) is 10.5 Å². The van der Waals surface area contributed by atoms with Gasteiger partial charge in [0.15, 0.2) is 0 Å². The number of rotatable bonds is 6. The lowest BCUT2D eigenvalue weighted by Crippen LogP contribution is -2.17. The van der Waals surface area contributed by atoms with Crippen LogP contribution in [0, 0.1) is 5.82 Å². The number of nitrogens with zero attached hydrogens (tertiary/aromatic N) is 1. The molecule has 4 nitrogen and oxygen atoms in total. The van der Waals surface area contributed by atoms with E-state index in [4.69, 9.17) is 16.3 Å². The average molecular weight is 383 g/mol. The van der Waals surface area contributed by atoms with Crippen LogP contribution in [0.3, 0.4) is 0 Å². The van der Waals surface area contributed by atoms with Gasteiger partial charge in [0.05, 0.1) is 11.2 Å². The van der Waals surface area contributed by atoms with Crippen LogP contribution in [0.15, 0.2) is 77.9 Å². The third-order valence-electron chi connectivity index (χ3n) is 3.72. The van der Waals surface area contributed by atoms with Gasteiger partial charge in [0.2, 0.25) is 0 Å². The van der Waals surface area contributed by atoms with E-state index in [9.17, 15) is 9.18 Å². The van der Waals surface area contributed by atoms with Crippen molar-refractivity contribution >= 4 is 23.7 Å². The molecule has 0 aliphatic carbocycles. The highest BCUT2D eigenvalue weighted by atomic mass is 35.5. The molecule has 1 N–H and O–H groups in total. The minimum absolute atomic E-state index is 0.118. The van der Waals surface area contributed by atoms with Crippen LogP contribution in [0.5, 0.6) is 5.75 Å². The number of hydrogen-bond donors (Lipinski definition) is 1. The Morgan fingerprint density at radius 3 is 2.48 bits per heavy atom. The molecule has 3 aromatic rings. The van der Waals surface area contributed by atoms with Crippen molar-refractivity contribution in [1.29, 1.82) is 0 Å². The topological polar surface area (TPSA) is 50.7 Å². The Morgan fingerprint density at radius 1 is 1.04 bits per heavy atom. The summed E-state index contributed by atoms with van der Waals surface area (Å²) in [6.07, 6.45) is 1.18. The number of benzene rings is 3. The first kappa shape index (κ1) is 18.6. The van der Waals surface area contributed by atoms with Crippen LogP contribution in [-0.2, 0) is 6.61 Å². The molecule has 0 atom stereocenters. The Bertz CT molecular complexity index is 924. The summed E-state index contributed by atoms with van der Waals surface area (Å²) in [6.45, 7) is 0.399. The van der Waals surface area contributed by atoms with E-state index in [0.29, 0.717) is 12.2 Å². The molecule has 0 bridgehead atoms. The maximum Gasteiger partial charge on any atom is 0.271 e. The molecule has 27 heavy (non-hydrogen) atoms. The van der Waals surface area contributed by atoms with E-state index in [1.165, 1.54) is 18.3 Å². The van der Waals surface area contributed by atoms with E-state index in [-0.39, 0.29) is 10.6 Å². The Balaban J connectivity index is 1.56. The van der Waals surface area contributed by atoms with Gasteiger partial charge in [0.1, 0.15) is 18.2 Å². The smallest absolute Gasteiger partial charge is 0.271 e. The molecule has 1 amide bonds. The van der Waals surface area contributed by atoms with Gasteiger partial charge in [0, 0.05) is 11.1 Å². The summed E-state index contributed by atoms with van der Waals surface area (Å²) in [6, 6.07) is 20.7. The fraction of sp³-hybridized carbons (Fsp3) is 0.0476. The van der Waals surface area contributed by atoms with E-state index >= 15 is 0 Å². The second-order valence-electron chi connectivity index (χ2n) is 5.63. The summed E-state index contributed by atoms with van der Waals surface area (Å²) < 4.78 is 19.3. The van der Waals surface area contributed by atoms with Gasteiger partial charge in [-0.25, -0.2) is 9.82 Å². The van der Waals surface area contributed by atoms with Gasteiger partial charge >= 0.3 is 0 Å². The van der Waals surface area contributed by atoms with Gasteiger partial charge in [0.25, 0.3) is 5.91 Å². The molecule has 0 aliphatic rings. The number of carbonyl (C=O) groups excluding carboxylic acids is 1. The van der Waals surface area contributed by atoms with Crippen molar-refractivity contribution in [2.45, 2.75) is 6.61 Å². The van der Waals surface area contributed by atoms with E-state index in [1.807, 2.05) is 30.3 Å². The van der Waals surface area contributed by atoms with Crippen LogP contribution in [0.2, 0.25) is 5.02 Å². The Labute approximate surface area is 161 Å². The molecule has 0 saturated heterocycles. The summed E-state index contributed by atoms with van der Waals surface area (Å²) in [4.78, 5) is 12.1. The van der Waals surface area contributed by atoms with Gasteiger partial charge in [-0.1, -0.05) is 48.0 Å². The number of amides is 1. The van der Waals surface area contributed by atoms with E-state index in [0.717, 1.165) is 11.3 Å². The Morgan fingerprint density at radius 2 is 1.78 bits per heavy atom. The molecule has 0 radical (unpaired) electrons. The van der Waals surface area contributed by atoms with Crippen molar-refractivity contribution in [3.8, 4) is 5.75 Å². The molecule has 0 aromatic heterocycles. The predicted molar refractivity (Wildman–Crippen MR) is 104 cm³/mol. The standard InChI is InChI=1S/C21H16ClFN2O2/c22-19-7-4-8-20(23)18(19)13-24-25-21(26)16-11-9-15(10-12-16)14-27-17-5-2-1-3-6-17/h1-13H,14H2,(H,25,26)/b24-13-. The molecule has 0 fully saturated rings. The van der Waals surface area contributed by atoms with Gasteiger partial charge in [-0.05, 0) is 42.0 Å². The molecule has 3 aromatic carbocycles. The number of carbonyl (C=O) groups is 1. The molecular formula is C21H16ClFN2O2. The second kappa shape index (κ2) is 8.96. The molecule has 3 rings (SSSR count). The summed E-state index contributed by atoms with van der Waals surface area (Å²) >= 11 is 5.90. The number of halogens is 2. The lowest BCUT2D eigenvalue weighted by Gasteiger charge is -2.06. The summed E-state index contributed by atoms with van der Waals surface area (Å²) in [5.74, 6) is -0.141. The fourth-order valence-corrected chi connectivity index (χ4v) is 2.50. The lowest BCUT2D eigenvalue weighted by molar-refractivity contribution is 0.0955. The summed E-state index contributed by atoms with van der Waals surface area (Å²) in [5.41, 5.74) is 3.83. The minimum atomic E-state index is -0.511. The highest BCUT2D eigenvalue weighted by Crippen LogP contribution is 2.16. The lowest BCUT2D eigenvalue weighted by atomic mass is 10.1. The van der Waals surface area contributed by atoms with Crippen LogP contribution in [0.25, 0.3) is 0 Å². The monoisotopic (exact) mass is 382 g/mol. The zero-order valence-corrected chi connectivity index (χ0v) is 15.0. The largest absolute Gasteiger partial charge is 0.489 e. The van der Waals surface area contributed by atoms with E-state index in [1.54, 1.807) is 30.3 Å². The highest BCUT2D eigenvalue weighted by molar-refractivity contribution is 6.33. The molecule has 0 saturated carbocycles. The van der Waals surface area contributed by atoms with Crippen LogP contribution in [0.4, 0.5) is 4.39 Å². The number of para-hydroxylation sites is 1. The molecule has 0 spiro atoms.